The molecule has 6 heteroatoms. The minimum Gasteiger partial charge on any atom is -0.491 e. The number of aromatic carboxylic acids is 1. The summed E-state index contributed by atoms with van der Waals surface area (Å²) in [4.78, 5) is 20.5. The van der Waals surface area contributed by atoms with E-state index in [4.69, 9.17) is 9.84 Å². The largest absolute Gasteiger partial charge is 0.491 e. The van der Waals surface area contributed by atoms with Gasteiger partial charge in [0.2, 0.25) is 0 Å². The molecule has 0 saturated heterocycles. The number of rotatable bonds is 6. The van der Waals surface area contributed by atoms with Crippen LogP contribution in [0.4, 0.5) is 5.82 Å². The second kappa shape index (κ2) is 6.69. The van der Waals surface area contributed by atoms with Crippen LogP contribution in [-0.4, -0.2) is 41.2 Å². The van der Waals surface area contributed by atoms with E-state index in [0.717, 1.165) is 11.3 Å². The third-order valence-electron chi connectivity index (χ3n) is 3.03. The number of carboxylic acids is 1. The highest BCUT2D eigenvalue weighted by Crippen LogP contribution is 2.16. The zero-order valence-corrected chi connectivity index (χ0v) is 12.0. The Morgan fingerprint density at radius 2 is 2.05 bits per heavy atom. The highest BCUT2D eigenvalue weighted by molar-refractivity contribution is 5.84. The molecule has 0 bridgehead atoms. The molecule has 1 N–H and O–H groups in total. The molecule has 2 aromatic rings. The number of para-hydroxylation sites is 1. The van der Waals surface area contributed by atoms with Crippen molar-refractivity contribution in [1.29, 1.82) is 0 Å². The van der Waals surface area contributed by atoms with E-state index in [1.54, 1.807) is 0 Å². The van der Waals surface area contributed by atoms with Crippen LogP contribution in [0.5, 0.6) is 5.75 Å². The van der Waals surface area contributed by atoms with Crippen molar-refractivity contribution < 1.29 is 14.6 Å². The summed E-state index contributed by atoms with van der Waals surface area (Å²) in [7, 11) is 1.85. The average Bonchev–Trinajstić information content (AvgIpc) is 2.49. The zero-order chi connectivity index (χ0) is 15.2. The highest BCUT2D eigenvalue weighted by atomic mass is 16.5. The Kier molecular flexibility index (Phi) is 4.71. The number of ether oxygens (including phenoxy) is 1. The summed E-state index contributed by atoms with van der Waals surface area (Å²) < 4.78 is 5.71. The first-order valence-electron chi connectivity index (χ1n) is 6.53. The smallest absolute Gasteiger partial charge is 0.356 e. The second-order valence-corrected chi connectivity index (χ2v) is 4.60. The Balaban J connectivity index is 1.88. The van der Waals surface area contributed by atoms with Crippen molar-refractivity contribution in [2.24, 2.45) is 0 Å². The maximum Gasteiger partial charge on any atom is 0.356 e. The fourth-order valence-corrected chi connectivity index (χ4v) is 1.75. The van der Waals surface area contributed by atoms with Crippen LogP contribution in [0, 0.1) is 6.92 Å². The standard InChI is InChI=1S/C15H17N3O3/c1-11-5-3-4-6-13(11)21-8-7-18(2)14-10-16-12(9-17-14)15(19)20/h3-6,9-10H,7-8H2,1-2H3,(H,19,20). The number of aromatic nitrogens is 2. The highest BCUT2D eigenvalue weighted by Gasteiger charge is 2.08. The number of benzene rings is 1. The summed E-state index contributed by atoms with van der Waals surface area (Å²) in [5.41, 5.74) is 1.02. The van der Waals surface area contributed by atoms with Gasteiger partial charge >= 0.3 is 5.97 Å². The van der Waals surface area contributed by atoms with Crippen LogP contribution in [0.15, 0.2) is 36.7 Å². The Bertz CT molecular complexity index is 614. The molecule has 1 aromatic carbocycles. The van der Waals surface area contributed by atoms with Crippen molar-refractivity contribution in [3.63, 3.8) is 0 Å². The fraction of sp³-hybridized carbons (Fsp3) is 0.267. The van der Waals surface area contributed by atoms with Gasteiger partial charge in [0, 0.05) is 7.05 Å². The third kappa shape index (κ3) is 3.92. The van der Waals surface area contributed by atoms with E-state index in [2.05, 4.69) is 9.97 Å². The van der Waals surface area contributed by atoms with Crippen LogP contribution in [0.25, 0.3) is 0 Å². The Hall–Kier alpha value is -2.63. The van der Waals surface area contributed by atoms with Gasteiger partial charge in [-0.05, 0) is 18.6 Å². The van der Waals surface area contributed by atoms with Gasteiger partial charge in [0.15, 0.2) is 5.69 Å². The lowest BCUT2D eigenvalue weighted by atomic mass is 10.2. The normalized spacial score (nSPS) is 10.2. The Labute approximate surface area is 123 Å². The molecule has 0 saturated carbocycles. The lowest BCUT2D eigenvalue weighted by Crippen LogP contribution is -2.25. The van der Waals surface area contributed by atoms with Crippen LogP contribution in [0.3, 0.4) is 0 Å². The topological polar surface area (TPSA) is 75.5 Å². The molecule has 0 aliphatic heterocycles. The Morgan fingerprint density at radius 1 is 1.29 bits per heavy atom. The summed E-state index contributed by atoms with van der Waals surface area (Å²) in [6, 6.07) is 7.82. The van der Waals surface area contributed by atoms with Gasteiger partial charge in [-0.15, -0.1) is 0 Å². The first kappa shape index (κ1) is 14.8. The van der Waals surface area contributed by atoms with E-state index >= 15 is 0 Å². The zero-order valence-electron chi connectivity index (χ0n) is 12.0. The molecule has 0 spiro atoms. The van der Waals surface area contributed by atoms with Gasteiger partial charge in [-0.25, -0.2) is 14.8 Å². The van der Waals surface area contributed by atoms with Crippen LogP contribution >= 0.6 is 0 Å². The molecular formula is C15H17N3O3. The molecule has 1 aromatic heterocycles. The van der Waals surface area contributed by atoms with Gasteiger partial charge in [0.25, 0.3) is 0 Å². The maximum atomic E-state index is 10.7. The summed E-state index contributed by atoms with van der Waals surface area (Å²) in [5.74, 6) is 0.381. The van der Waals surface area contributed by atoms with Gasteiger partial charge in [0.1, 0.15) is 18.2 Å². The van der Waals surface area contributed by atoms with Crippen molar-refractivity contribution in [3.8, 4) is 5.75 Å². The number of likely N-dealkylation sites (N-methyl/N-ethyl adjacent to an activating group) is 1. The molecule has 1 heterocycles. The van der Waals surface area contributed by atoms with Gasteiger partial charge in [-0.2, -0.15) is 0 Å². The molecule has 0 aliphatic rings. The predicted molar refractivity (Wildman–Crippen MR) is 78.9 cm³/mol. The van der Waals surface area contributed by atoms with E-state index in [9.17, 15) is 4.79 Å². The fourth-order valence-electron chi connectivity index (χ4n) is 1.75. The number of hydrogen-bond donors (Lipinski definition) is 1. The molecule has 0 atom stereocenters. The number of hydrogen-bond acceptors (Lipinski definition) is 5. The minimum absolute atomic E-state index is 0.0664. The number of anilines is 1. The van der Waals surface area contributed by atoms with E-state index in [1.807, 2.05) is 43.1 Å². The molecule has 0 aliphatic carbocycles. The first-order chi connectivity index (χ1) is 10.1. The maximum absolute atomic E-state index is 10.7. The van der Waals surface area contributed by atoms with Crippen molar-refractivity contribution in [2.75, 3.05) is 25.1 Å². The van der Waals surface area contributed by atoms with E-state index < -0.39 is 5.97 Å². The number of aryl methyl sites for hydroxylation is 1. The molecule has 0 radical (unpaired) electrons. The Morgan fingerprint density at radius 3 is 2.67 bits per heavy atom. The molecule has 0 fully saturated rings. The number of nitrogens with zero attached hydrogens (tertiary/aromatic N) is 3. The molecule has 21 heavy (non-hydrogen) atoms. The van der Waals surface area contributed by atoms with Crippen molar-refractivity contribution in [2.45, 2.75) is 6.92 Å². The summed E-state index contributed by atoms with van der Waals surface area (Å²) in [6.45, 7) is 3.12. The van der Waals surface area contributed by atoms with E-state index in [-0.39, 0.29) is 5.69 Å². The molecular weight excluding hydrogens is 270 g/mol. The minimum atomic E-state index is -1.08. The van der Waals surface area contributed by atoms with Gasteiger partial charge in [-0.3, -0.25) is 0 Å². The quantitative estimate of drug-likeness (QED) is 0.875. The lowest BCUT2D eigenvalue weighted by molar-refractivity contribution is 0.0690. The lowest BCUT2D eigenvalue weighted by Gasteiger charge is -2.18. The van der Waals surface area contributed by atoms with Crippen LogP contribution < -0.4 is 9.64 Å². The van der Waals surface area contributed by atoms with Crippen molar-refractivity contribution in [3.05, 3.63) is 47.9 Å². The third-order valence-corrected chi connectivity index (χ3v) is 3.03. The summed E-state index contributed by atoms with van der Waals surface area (Å²) >= 11 is 0. The predicted octanol–water partition coefficient (Wildman–Crippen LogP) is 2.00. The van der Waals surface area contributed by atoms with Crippen molar-refractivity contribution >= 4 is 11.8 Å². The summed E-state index contributed by atoms with van der Waals surface area (Å²) in [6.07, 6.45) is 2.69. The van der Waals surface area contributed by atoms with Gasteiger partial charge in [-0.1, -0.05) is 18.2 Å². The number of carbonyl (C=O) groups is 1. The first-order valence-corrected chi connectivity index (χ1v) is 6.53. The number of carboxylic acid groups (broad SMARTS) is 1. The van der Waals surface area contributed by atoms with Gasteiger partial charge in [0.05, 0.1) is 18.9 Å². The van der Waals surface area contributed by atoms with Crippen LogP contribution in [0.2, 0.25) is 0 Å². The molecule has 2 rings (SSSR count). The average molecular weight is 287 g/mol. The molecule has 110 valence electrons. The van der Waals surface area contributed by atoms with Crippen LogP contribution in [-0.2, 0) is 0 Å². The SMILES string of the molecule is Cc1ccccc1OCCN(C)c1cnc(C(=O)O)cn1. The van der Waals surface area contributed by atoms with Gasteiger partial charge < -0.3 is 14.7 Å². The molecule has 6 nitrogen and oxygen atoms in total. The molecule has 0 amide bonds. The molecule has 0 unspecified atom stereocenters. The van der Waals surface area contributed by atoms with Crippen LogP contribution in [0.1, 0.15) is 16.1 Å². The van der Waals surface area contributed by atoms with E-state index in [1.165, 1.54) is 12.4 Å². The second-order valence-electron chi connectivity index (χ2n) is 4.60. The summed E-state index contributed by atoms with van der Waals surface area (Å²) in [5, 5.41) is 8.77. The monoisotopic (exact) mass is 287 g/mol. The van der Waals surface area contributed by atoms with Crippen molar-refractivity contribution in [1.82, 2.24) is 9.97 Å². The van der Waals surface area contributed by atoms with E-state index in [0.29, 0.717) is 19.0 Å².